The molecule has 7 nitrogen and oxygen atoms in total. The Morgan fingerprint density at radius 3 is 2.63 bits per heavy atom. The van der Waals surface area contributed by atoms with Crippen LogP contribution < -0.4 is 5.43 Å². The number of ketones is 1. The number of pyridine rings is 1. The highest BCUT2D eigenvalue weighted by molar-refractivity contribution is 6.00. The van der Waals surface area contributed by atoms with E-state index in [4.69, 9.17) is 4.74 Å². The summed E-state index contributed by atoms with van der Waals surface area (Å²) in [4.78, 5) is 40.2. The Morgan fingerprint density at radius 1 is 1.29 bits per heavy atom. The second-order valence-corrected chi connectivity index (χ2v) is 8.92. The Balaban J connectivity index is 1.68. The zero-order chi connectivity index (χ0) is 25.7. The normalized spacial score (nSPS) is 21.4. The molecule has 1 aliphatic heterocycles. The highest BCUT2D eigenvalue weighted by atomic mass is 19.4. The summed E-state index contributed by atoms with van der Waals surface area (Å²) in [6.45, 7) is 2.82. The van der Waals surface area contributed by atoms with Crippen LogP contribution in [0.3, 0.4) is 0 Å². The van der Waals surface area contributed by atoms with Gasteiger partial charge in [-0.25, -0.2) is 4.39 Å². The number of amides is 1. The number of benzene rings is 1. The number of likely N-dealkylation sites (N-methyl/N-ethyl adjacent to an activating group) is 1. The third-order valence-electron chi connectivity index (χ3n) is 6.87. The number of carbonyl (C=O) groups is 2. The van der Waals surface area contributed by atoms with Crippen molar-refractivity contribution in [2.45, 2.75) is 37.9 Å². The molecule has 1 saturated carbocycles. The monoisotopic (exact) mass is 496 g/mol. The van der Waals surface area contributed by atoms with Gasteiger partial charge in [0, 0.05) is 38.7 Å². The topological polar surface area (TPSA) is 88.8 Å². The van der Waals surface area contributed by atoms with Crippen molar-refractivity contribution in [2.75, 3.05) is 26.8 Å². The average Bonchev–Trinajstić information content (AvgIpc) is 3.49. The van der Waals surface area contributed by atoms with Crippen LogP contribution in [0, 0.1) is 11.7 Å². The molecule has 11 heteroatoms. The van der Waals surface area contributed by atoms with Gasteiger partial charge < -0.3 is 19.3 Å². The average molecular weight is 496 g/mol. The maximum Gasteiger partial charge on any atom is 0.419 e. The smallest absolute Gasteiger partial charge is 0.419 e. The number of halogens is 4. The van der Waals surface area contributed by atoms with Crippen molar-refractivity contribution >= 4 is 11.7 Å². The van der Waals surface area contributed by atoms with Crippen LogP contribution in [-0.4, -0.2) is 53.1 Å². The largest absolute Gasteiger partial charge is 0.503 e. The van der Waals surface area contributed by atoms with Crippen molar-refractivity contribution in [2.24, 2.45) is 5.92 Å². The van der Waals surface area contributed by atoms with Crippen molar-refractivity contribution in [3.8, 4) is 5.75 Å². The molecular weight excluding hydrogens is 472 g/mol. The van der Waals surface area contributed by atoms with Crippen LogP contribution in [0.5, 0.6) is 5.75 Å². The van der Waals surface area contributed by atoms with Crippen LogP contribution in [0.2, 0.25) is 0 Å². The molecule has 2 atom stereocenters. The summed E-state index contributed by atoms with van der Waals surface area (Å²) in [5.74, 6) is -3.66. The van der Waals surface area contributed by atoms with Gasteiger partial charge in [-0.2, -0.15) is 13.2 Å². The number of hydrogen-bond acceptors (Lipinski definition) is 5. The first kappa shape index (κ1) is 24.9. The molecule has 0 saturated heterocycles. The highest BCUT2D eigenvalue weighted by Gasteiger charge is 2.60. The van der Waals surface area contributed by atoms with Gasteiger partial charge in [0.2, 0.25) is 5.43 Å². The number of alkyl halides is 3. The van der Waals surface area contributed by atoms with Crippen molar-refractivity contribution < 1.29 is 37.0 Å². The van der Waals surface area contributed by atoms with Gasteiger partial charge in [-0.15, -0.1) is 0 Å². The molecule has 2 aromatic rings. The number of fused-ring (bicyclic) bond motifs is 2. The Morgan fingerprint density at radius 2 is 2.00 bits per heavy atom. The third kappa shape index (κ3) is 4.11. The van der Waals surface area contributed by atoms with E-state index in [1.807, 2.05) is 0 Å². The Hall–Kier alpha value is -3.21. The van der Waals surface area contributed by atoms with Crippen LogP contribution in [0.25, 0.3) is 0 Å². The molecule has 35 heavy (non-hydrogen) atoms. The quantitative estimate of drug-likeness (QED) is 0.469. The van der Waals surface area contributed by atoms with Gasteiger partial charge >= 0.3 is 6.18 Å². The molecule has 4 rings (SSSR count). The van der Waals surface area contributed by atoms with E-state index in [9.17, 15) is 37.1 Å². The number of ether oxygens (including phenoxy) is 1. The fourth-order valence-corrected chi connectivity index (χ4v) is 4.89. The zero-order valence-corrected chi connectivity index (χ0v) is 19.1. The lowest BCUT2D eigenvalue weighted by Gasteiger charge is -2.37. The standard InChI is InChI=1S/C24H24F4N2O5/c1-3-29-12-23(9-14(23)11-35-2)30-10-15(20(32)21(33)19(30)22(29)34)17(31)8-7-13-5-4-6-16(18(13)25)24(26,27)28/h4-6,10,14,33H,3,7-9,11-12H2,1-2H3. The molecule has 0 bridgehead atoms. The number of carbonyl (C=O) groups excluding carboxylic acids is 2. The molecule has 1 aromatic heterocycles. The molecule has 2 aliphatic rings. The van der Waals surface area contributed by atoms with E-state index >= 15 is 0 Å². The van der Waals surface area contributed by atoms with Gasteiger partial charge in [0.15, 0.2) is 17.2 Å². The molecule has 1 aromatic carbocycles. The molecule has 1 fully saturated rings. The van der Waals surface area contributed by atoms with Crippen molar-refractivity contribution in [1.82, 2.24) is 9.47 Å². The first-order chi connectivity index (χ1) is 16.5. The molecule has 2 heterocycles. The first-order valence-electron chi connectivity index (χ1n) is 11.1. The van der Waals surface area contributed by atoms with E-state index < -0.39 is 57.9 Å². The summed E-state index contributed by atoms with van der Waals surface area (Å²) < 4.78 is 60.0. The molecular formula is C24H24F4N2O5. The van der Waals surface area contributed by atoms with Gasteiger partial charge in [0.25, 0.3) is 5.91 Å². The molecule has 1 N–H and O–H groups in total. The van der Waals surface area contributed by atoms with Crippen LogP contribution in [0.1, 0.15) is 51.7 Å². The fraction of sp³-hybridized carbons (Fsp3) is 0.458. The van der Waals surface area contributed by atoms with Crippen molar-refractivity contribution in [3.05, 3.63) is 62.8 Å². The maximum atomic E-state index is 14.3. The Bertz CT molecular complexity index is 1260. The van der Waals surface area contributed by atoms with Gasteiger partial charge in [0.1, 0.15) is 5.82 Å². The highest BCUT2D eigenvalue weighted by Crippen LogP contribution is 2.54. The van der Waals surface area contributed by atoms with Gasteiger partial charge in [-0.3, -0.25) is 14.4 Å². The maximum absolute atomic E-state index is 14.3. The number of rotatable bonds is 7. The Labute approximate surface area is 197 Å². The van der Waals surface area contributed by atoms with E-state index in [0.717, 1.165) is 12.1 Å². The second-order valence-electron chi connectivity index (χ2n) is 8.92. The lowest BCUT2D eigenvalue weighted by atomic mass is 9.99. The number of aromatic hydroxyl groups is 1. The minimum absolute atomic E-state index is 0.0162. The lowest BCUT2D eigenvalue weighted by molar-refractivity contribution is -0.140. The lowest BCUT2D eigenvalue weighted by Crippen LogP contribution is -2.49. The van der Waals surface area contributed by atoms with Gasteiger partial charge in [-0.05, 0) is 31.4 Å². The minimum atomic E-state index is -4.89. The van der Waals surface area contributed by atoms with E-state index in [2.05, 4.69) is 0 Å². The van der Waals surface area contributed by atoms with E-state index in [1.54, 1.807) is 6.92 Å². The summed E-state index contributed by atoms with van der Waals surface area (Å²) in [5, 5.41) is 10.6. The van der Waals surface area contributed by atoms with Gasteiger partial charge in [-0.1, -0.05) is 12.1 Å². The zero-order valence-electron chi connectivity index (χ0n) is 19.1. The number of methoxy groups -OCH3 is 1. The first-order valence-corrected chi connectivity index (χ1v) is 11.1. The summed E-state index contributed by atoms with van der Waals surface area (Å²) in [7, 11) is 1.53. The minimum Gasteiger partial charge on any atom is -0.503 e. The second kappa shape index (κ2) is 8.78. The Kier molecular flexibility index (Phi) is 6.25. The predicted molar refractivity (Wildman–Crippen MR) is 116 cm³/mol. The molecule has 0 radical (unpaired) electrons. The summed E-state index contributed by atoms with van der Waals surface area (Å²) in [5.41, 5.74) is -4.06. The molecule has 1 amide bonds. The molecule has 2 unspecified atom stereocenters. The molecule has 1 aliphatic carbocycles. The van der Waals surface area contributed by atoms with Crippen molar-refractivity contribution in [1.29, 1.82) is 0 Å². The van der Waals surface area contributed by atoms with Crippen LogP contribution >= 0.6 is 0 Å². The number of aryl methyl sites for hydroxylation is 1. The number of aromatic nitrogens is 1. The van der Waals surface area contributed by atoms with E-state index in [0.29, 0.717) is 32.2 Å². The summed E-state index contributed by atoms with van der Waals surface area (Å²) in [6, 6.07) is 2.79. The fourth-order valence-electron chi connectivity index (χ4n) is 4.89. The number of Topliss-reactive ketones (excluding diaryl/α,β-unsaturated/α-hetero) is 1. The van der Waals surface area contributed by atoms with Crippen molar-refractivity contribution in [3.63, 3.8) is 0 Å². The van der Waals surface area contributed by atoms with Gasteiger partial charge in [0.05, 0.1) is 23.3 Å². The van der Waals surface area contributed by atoms with E-state index in [-0.39, 0.29) is 23.6 Å². The summed E-state index contributed by atoms with van der Waals surface area (Å²) >= 11 is 0. The van der Waals surface area contributed by atoms with Crippen LogP contribution in [0.15, 0.2) is 29.2 Å². The number of hydrogen-bond donors (Lipinski definition) is 1. The van der Waals surface area contributed by atoms with Crippen LogP contribution in [-0.2, 0) is 22.9 Å². The SMILES string of the molecule is CCN1CC2(CC2COC)n2cc(C(=O)CCc3cccc(C(F)(F)F)c3F)c(=O)c(O)c2C1=O. The summed E-state index contributed by atoms with van der Waals surface area (Å²) in [6.07, 6.45) is -3.89. The predicted octanol–water partition coefficient (Wildman–Crippen LogP) is 3.36. The third-order valence-corrected chi connectivity index (χ3v) is 6.87. The molecule has 188 valence electrons. The van der Waals surface area contributed by atoms with Crippen LogP contribution in [0.4, 0.5) is 17.6 Å². The number of nitrogens with zero attached hydrogens (tertiary/aromatic N) is 2. The van der Waals surface area contributed by atoms with E-state index in [1.165, 1.54) is 22.8 Å². The molecule has 1 spiro atoms.